The summed E-state index contributed by atoms with van der Waals surface area (Å²) in [5.41, 5.74) is 0.117. The first-order valence-corrected chi connectivity index (χ1v) is 7.54. The van der Waals surface area contributed by atoms with Gasteiger partial charge in [0.05, 0.1) is 5.02 Å². The zero-order valence-electron chi connectivity index (χ0n) is 12.4. The van der Waals surface area contributed by atoms with Gasteiger partial charge >= 0.3 is 0 Å². The molecule has 2 heterocycles. The predicted octanol–water partition coefficient (Wildman–Crippen LogP) is 3.48. The van der Waals surface area contributed by atoms with Crippen LogP contribution in [0.2, 0.25) is 5.02 Å². The number of anilines is 1. The van der Waals surface area contributed by atoms with E-state index in [0.717, 1.165) is 26.1 Å². The fourth-order valence-electron chi connectivity index (χ4n) is 2.51. The van der Waals surface area contributed by atoms with Crippen molar-refractivity contribution < 1.29 is 4.39 Å². The summed E-state index contributed by atoms with van der Waals surface area (Å²) >= 11 is 5.75. The maximum absolute atomic E-state index is 13.9. The number of hydrogen-bond donors (Lipinski definition) is 1. The highest BCUT2D eigenvalue weighted by Gasteiger charge is 2.24. The third kappa shape index (κ3) is 4.32. The minimum Gasteiger partial charge on any atom is -0.354 e. The molecule has 0 saturated carbocycles. The summed E-state index contributed by atoms with van der Waals surface area (Å²) in [6.07, 6.45) is 3.76. The number of aromatic nitrogens is 1. The quantitative estimate of drug-likeness (QED) is 0.926. The smallest absolute Gasteiger partial charge is 0.167 e. The molecule has 0 spiro atoms. The maximum Gasteiger partial charge on any atom is 0.167 e. The standard InChI is InChI=1S/C15H23ClFN3/c1-15(2,3)19-8-11-5-4-6-20(10-11)14-13(17)7-12(16)9-18-14/h7,9,11,19H,4-6,8,10H2,1-3H3. The second-order valence-corrected chi connectivity index (χ2v) is 6.98. The van der Waals surface area contributed by atoms with E-state index in [1.807, 2.05) is 4.90 Å². The lowest BCUT2D eigenvalue weighted by atomic mass is 9.96. The lowest BCUT2D eigenvalue weighted by molar-refractivity contribution is 0.333. The van der Waals surface area contributed by atoms with Gasteiger partial charge in [-0.15, -0.1) is 0 Å². The molecular formula is C15H23ClFN3. The highest BCUT2D eigenvalue weighted by Crippen LogP contribution is 2.25. The van der Waals surface area contributed by atoms with Crippen molar-refractivity contribution in [3.05, 3.63) is 23.1 Å². The Labute approximate surface area is 125 Å². The largest absolute Gasteiger partial charge is 0.354 e. The van der Waals surface area contributed by atoms with Gasteiger partial charge in [0.25, 0.3) is 0 Å². The van der Waals surface area contributed by atoms with E-state index in [2.05, 4.69) is 31.1 Å². The topological polar surface area (TPSA) is 28.2 Å². The SMILES string of the molecule is CC(C)(C)NCC1CCCN(c2ncc(Cl)cc2F)C1. The van der Waals surface area contributed by atoms with Crippen LogP contribution < -0.4 is 10.2 Å². The van der Waals surface area contributed by atoms with Gasteiger partial charge in [0.2, 0.25) is 0 Å². The summed E-state index contributed by atoms with van der Waals surface area (Å²) in [6, 6.07) is 1.33. The Balaban J connectivity index is 1.99. The summed E-state index contributed by atoms with van der Waals surface area (Å²) in [6.45, 7) is 9.14. The number of rotatable bonds is 3. The first-order chi connectivity index (χ1) is 9.35. The monoisotopic (exact) mass is 299 g/mol. The van der Waals surface area contributed by atoms with E-state index in [4.69, 9.17) is 11.6 Å². The molecule has 0 aliphatic carbocycles. The molecule has 1 fully saturated rings. The molecule has 20 heavy (non-hydrogen) atoms. The molecule has 112 valence electrons. The second kappa shape index (κ2) is 6.27. The number of nitrogens with one attached hydrogen (secondary N) is 1. The number of pyridine rings is 1. The van der Waals surface area contributed by atoms with Crippen molar-refractivity contribution in [3.63, 3.8) is 0 Å². The molecule has 3 nitrogen and oxygen atoms in total. The Bertz CT molecular complexity index is 459. The van der Waals surface area contributed by atoms with Crippen LogP contribution in [-0.4, -0.2) is 30.2 Å². The van der Waals surface area contributed by atoms with Crippen molar-refractivity contribution in [2.75, 3.05) is 24.5 Å². The Hall–Kier alpha value is -0.870. The summed E-state index contributed by atoms with van der Waals surface area (Å²) in [5, 5.41) is 3.87. The first kappa shape index (κ1) is 15.5. The van der Waals surface area contributed by atoms with Crippen LogP contribution in [0.3, 0.4) is 0 Å². The molecule has 0 radical (unpaired) electrons. The summed E-state index contributed by atoms with van der Waals surface area (Å²) < 4.78 is 13.9. The highest BCUT2D eigenvalue weighted by molar-refractivity contribution is 6.30. The molecule has 1 saturated heterocycles. The molecule has 1 unspecified atom stereocenters. The van der Waals surface area contributed by atoms with Gasteiger partial charge in [0.15, 0.2) is 11.6 Å². The Kier molecular flexibility index (Phi) is 4.86. The number of halogens is 2. The Morgan fingerprint density at radius 3 is 2.90 bits per heavy atom. The van der Waals surface area contributed by atoms with Crippen LogP contribution >= 0.6 is 11.6 Å². The molecular weight excluding hydrogens is 277 g/mol. The molecule has 2 rings (SSSR count). The normalized spacial score (nSPS) is 20.2. The van der Waals surface area contributed by atoms with Crippen molar-refractivity contribution in [1.29, 1.82) is 0 Å². The van der Waals surface area contributed by atoms with E-state index in [1.165, 1.54) is 18.7 Å². The fraction of sp³-hybridized carbons (Fsp3) is 0.667. The van der Waals surface area contributed by atoms with Gasteiger partial charge in [-0.25, -0.2) is 9.37 Å². The van der Waals surface area contributed by atoms with E-state index < -0.39 is 0 Å². The first-order valence-electron chi connectivity index (χ1n) is 7.16. The maximum atomic E-state index is 13.9. The van der Waals surface area contributed by atoms with Gasteiger partial charge in [0.1, 0.15) is 0 Å². The van der Waals surface area contributed by atoms with Crippen molar-refractivity contribution in [2.24, 2.45) is 5.92 Å². The average molecular weight is 300 g/mol. The molecule has 0 aromatic carbocycles. The van der Waals surface area contributed by atoms with Gasteiger partial charge in [-0.2, -0.15) is 0 Å². The van der Waals surface area contributed by atoms with Crippen LogP contribution in [0, 0.1) is 11.7 Å². The third-order valence-electron chi connectivity index (χ3n) is 3.53. The van der Waals surface area contributed by atoms with Crippen LogP contribution in [0.5, 0.6) is 0 Å². The number of piperidine rings is 1. The van der Waals surface area contributed by atoms with Crippen LogP contribution in [0.25, 0.3) is 0 Å². The Morgan fingerprint density at radius 2 is 2.25 bits per heavy atom. The molecule has 0 bridgehead atoms. The van der Waals surface area contributed by atoms with E-state index in [0.29, 0.717) is 16.8 Å². The van der Waals surface area contributed by atoms with E-state index in [1.54, 1.807) is 0 Å². The molecule has 1 aliphatic rings. The van der Waals surface area contributed by atoms with Crippen LogP contribution in [-0.2, 0) is 0 Å². The van der Waals surface area contributed by atoms with E-state index in [-0.39, 0.29) is 11.4 Å². The zero-order valence-corrected chi connectivity index (χ0v) is 13.2. The highest BCUT2D eigenvalue weighted by atomic mass is 35.5. The minimum absolute atomic E-state index is 0.117. The van der Waals surface area contributed by atoms with Crippen LogP contribution in [0.1, 0.15) is 33.6 Å². The second-order valence-electron chi connectivity index (χ2n) is 6.54. The lowest BCUT2D eigenvalue weighted by Gasteiger charge is -2.35. The fourth-order valence-corrected chi connectivity index (χ4v) is 2.66. The minimum atomic E-state index is -0.332. The Morgan fingerprint density at radius 1 is 1.50 bits per heavy atom. The van der Waals surface area contributed by atoms with Crippen molar-refractivity contribution in [2.45, 2.75) is 39.2 Å². The number of nitrogens with zero attached hydrogens (tertiary/aromatic N) is 2. The van der Waals surface area contributed by atoms with Gasteiger partial charge in [-0.05, 0) is 45.6 Å². The van der Waals surface area contributed by atoms with E-state index >= 15 is 0 Å². The van der Waals surface area contributed by atoms with Gasteiger partial charge in [-0.1, -0.05) is 11.6 Å². The van der Waals surface area contributed by atoms with Crippen molar-refractivity contribution >= 4 is 17.4 Å². The van der Waals surface area contributed by atoms with Crippen molar-refractivity contribution in [3.8, 4) is 0 Å². The van der Waals surface area contributed by atoms with Crippen LogP contribution in [0.15, 0.2) is 12.3 Å². The molecule has 0 amide bonds. The van der Waals surface area contributed by atoms with E-state index in [9.17, 15) is 4.39 Å². The van der Waals surface area contributed by atoms with Gasteiger partial charge in [-0.3, -0.25) is 0 Å². The van der Waals surface area contributed by atoms with Gasteiger partial charge in [0, 0.05) is 31.4 Å². The molecule has 1 aromatic rings. The molecule has 1 atom stereocenters. The zero-order chi connectivity index (χ0) is 14.8. The average Bonchev–Trinajstić information content (AvgIpc) is 2.36. The van der Waals surface area contributed by atoms with Gasteiger partial charge < -0.3 is 10.2 Å². The third-order valence-corrected chi connectivity index (χ3v) is 3.73. The molecule has 1 N–H and O–H groups in total. The van der Waals surface area contributed by atoms with Crippen molar-refractivity contribution in [1.82, 2.24) is 10.3 Å². The summed E-state index contributed by atoms with van der Waals surface area (Å²) in [5.74, 6) is 0.622. The van der Waals surface area contributed by atoms with Crippen LogP contribution in [0.4, 0.5) is 10.2 Å². The lowest BCUT2D eigenvalue weighted by Crippen LogP contribution is -2.45. The summed E-state index contributed by atoms with van der Waals surface area (Å²) in [7, 11) is 0. The molecule has 1 aliphatic heterocycles. The number of hydrogen-bond acceptors (Lipinski definition) is 3. The molecule has 5 heteroatoms. The summed E-state index contributed by atoms with van der Waals surface area (Å²) in [4.78, 5) is 6.18. The predicted molar refractivity (Wildman–Crippen MR) is 81.9 cm³/mol. The molecule has 1 aromatic heterocycles.